The molecule has 0 aliphatic heterocycles. The van der Waals surface area contributed by atoms with Crippen molar-refractivity contribution in [3.05, 3.63) is 0 Å². The summed E-state index contributed by atoms with van der Waals surface area (Å²) in [5.41, 5.74) is 0. The van der Waals surface area contributed by atoms with Gasteiger partial charge in [0.2, 0.25) is 0 Å². The van der Waals surface area contributed by atoms with Gasteiger partial charge >= 0.3 is 68.6 Å². The van der Waals surface area contributed by atoms with Crippen molar-refractivity contribution >= 4 is 0 Å². The minimum absolute atomic E-state index is 0.0833. The summed E-state index contributed by atoms with van der Waals surface area (Å²) in [6.07, 6.45) is 0. The molecule has 0 N–H and O–H groups in total. The van der Waals surface area contributed by atoms with Gasteiger partial charge < -0.3 is 0 Å². The van der Waals surface area contributed by atoms with Crippen molar-refractivity contribution in [2.24, 2.45) is 0 Å². The molecule has 4 heteroatoms. The molecule has 18 valence electrons. The van der Waals surface area contributed by atoms with Crippen molar-refractivity contribution < 1.29 is 68.6 Å². The monoisotopic (exact) mass is 260 g/mol. The number of hydrogen-bond acceptors (Lipinski definition) is 2. The first-order chi connectivity index (χ1) is 2.00. The molecule has 0 fully saturated rings. The van der Waals surface area contributed by atoms with Gasteiger partial charge in [0.25, 0.3) is 0 Å². The van der Waals surface area contributed by atoms with Gasteiger partial charge in [-0.25, -0.2) is 0 Å². The average Bonchev–Trinajstić information content (AvgIpc) is 1.50. The molecule has 0 atom stereocenters. The molecule has 0 saturated carbocycles. The molecule has 0 spiro atoms. The van der Waals surface area contributed by atoms with E-state index in [0.717, 1.165) is 0 Å². The fourth-order valence-corrected chi connectivity index (χ4v) is 0. The Kier molecular flexibility index (Phi) is 48.1. The topological polar surface area (TPSA) is 34.1 Å². The Bertz CT molecular complexity index is 8.00. The second kappa shape index (κ2) is 20.7. The van der Waals surface area contributed by atoms with Crippen molar-refractivity contribution in [3.63, 3.8) is 0 Å². The van der Waals surface area contributed by atoms with Crippen LogP contribution in [0.3, 0.4) is 0 Å². The molecule has 0 amide bonds. The Hall–Kier alpha value is 1.90. The van der Waals surface area contributed by atoms with E-state index in [1.54, 1.807) is 0 Å². The molecule has 0 aromatic carbocycles. The summed E-state index contributed by atoms with van der Waals surface area (Å²) in [5.74, 6) is 0. The predicted molar refractivity (Wildman–Crippen MR) is 1.37 cm³/mol. The zero-order chi connectivity index (χ0) is 4.00. The van der Waals surface area contributed by atoms with Crippen LogP contribution in [0.25, 0.3) is 0 Å². The summed E-state index contributed by atoms with van der Waals surface area (Å²) >= 11 is 0.0167. The molecule has 0 unspecified atom stereocenters. The van der Waals surface area contributed by atoms with E-state index in [2.05, 4.69) is 0 Å². The van der Waals surface area contributed by atoms with Crippen LogP contribution in [0.5, 0.6) is 0 Å². The minimum atomic E-state index is -0.0833. The average molecular weight is 260 g/mol. The summed E-state index contributed by atoms with van der Waals surface area (Å²) in [7, 11) is 0. The van der Waals surface area contributed by atoms with Crippen LogP contribution >= 0.6 is 0 Å². The van der Waals surface area contributed by atoms with Crippen molar-refractivity contribution in [2.45, 2.75) is 0 Å². The van der Waals surface area contributed by atoms with E-state index in [1.165, 1.54) is 0 Å². The SMILES string of the molecule is [O]=[La].[O]=[Y]. The Morgan fingerprint density at radius 3 is 1.25 bits per heavy atom. The van der Waals surface area contributed by atoms with E-state index >= 15 is 0 Å². The van der Waals surface area contributed by atoms with Crippen molar-refractivity contribution in [1.82, 2.24) is 0 Å². The van der Waals surface area contributed by atoms with Gasteiger partial charge in [-0.1, -0.05) is 0 Å². The Balaban J connectivity index is 0. The molecule has 0 aromatic heterocycles. The van der Waals surface area contributed by atoms with Crippen LogP contribution in [0, 0.1) is 33.8 Å². The second-order valence-electron chi connectivity index (χ2n) is 0. The van der Waals surface area contributed by atoms with Crippen LogP contribution < -0.4 is 0 Å². The van der Waals surface area contributed by atoms with E-state index in [-0.39, 0.29) is 64.8 Å². The van der Waals surface area contributed by atoms with Crippen LogP contribution in [0.4, 0.5) is 0 Å². The van der Waals surface area contributed by atoms with Gasteiger partial charge in [-0.3, -0.25) is 0 Å². The molecule has 0 rings (SSSR count). The molecular formula is LaO2Y. The standard InChI is InChI=1S/La.2O.Y. The van der Waals surface area contributed by atoms with E-state index < -0.39 is 0 Å². The van der Waals surface area contributed by atoms with Crippen LogP contribution in [-0.4, -0.2) is 0 Å². The van der Waals surface area contributed by atoms with E-state index in [9.17, 15) is 0 Å². The third-order valence-electron chi connectivity index (χ3n) is 0. The third kappa shape index (κ3) is 9.09. The summed E-state index contributed by atoms with van der Waals surface area (Å²) in [4.78, 5) is 0. The maximum absolute atomic E-state index is 8.42. The summed E-state index contributed by atoms with van der Waals surface area (Å²) in [5, 5.41) is 0. The zero-order valence-corrected chi connectivity index (χ0v) is 8.44. The van der Waals surface area contributed by atoms with Crippen LogP contribution in [-0.2, 0) is 34.7 Å². The third-order valence-corrected chi connectivity index (χ3v) is 0. The van der Waals surface area contributed by atoms with E-state index in [4.69, 9.17) is 3.74 Å². The summed E-state index contributed by atoms with van der Waals surface area (Å²) in [6, 6.07) is 0. The first kappa shape index (κ1) is 9.31. The molecule has 0 bridgehead atoms. The van der Waals surface area contributed by atoms with Crippen LogP contribution in [0.2, 0.25) is 0 Å². The van der Waals surface area contributed by atoms with Crippen LogP contribution in [0.1, 0.15) is 0 Å². The quantitative estimate of drug-likeness (QED) is 0.602. The first-order valence-electron chi connectivity index (χ1n) is 0.471. The number of hydrogen-bond donors (Lipinski definition) is 0. The normalized spacial score (nSPS) is 3.00. The van der Waals surface area contributed by atoms with Crippen molar-refractivity contribution in [1.29, 1.82) is 0 Å². The molecule has 0 aromatic rings. The van der Waals surface area contributed by atoms with Gasteiger partial charge in [-0.2, -0.15) is 0 Å². The molecule has 0 saturated heterocycles. The fraction of sp³-hybridized carbons (Fsp3) is 0. The molecule has 0 radical (unpaired) electrons. The fourth-order valence-electron chi connectivity index (χ4n) is 0. The Morgan fingerprint density at radius 2 is 1.25 bits per heavy atom. The molecule has 0 heterocycles. The van der Waals surface area contributed by atoms with Crippen LogP contribution in [0.15, 0.2) is 0 Å². The molecule has 0 aliphatic carbocycles. The van der Waals surface area contributed by atoms with Gasteiger partial charge in [0.05, 0.1) is 0 Å². The predicted octanol–water partition coefficient (Wildman–Crippen LogP) is -0.240. The first-order valence-corrected chi connectivity index (χ1v) is 3.11. The van der Waals surface area contributed by atoms with Crippen molar-refractivity contribution in [3.8, 4) is 0 Å². The van der Waals surface area contributed by atoms with E-state index in [1.807, 2.05) is 0 Å². The summed E-state index contributed by atoms with van der Waals surface area (Å²) < 4.78 is 16.8. The maximum atomic E-state index is 8.42. The molecule has 4 heavy (non-hydrogen) atoms. The van der Waals surface area contributed by atoms with Gasteiger partial charge in [0, 0.05) is 0 Å². The Morgan fingerprint density at radius 1 is 1.25 bits per heavy atom. The molecule has 2 nitrogen and oxygen atoms in total. The van der Waals surface area contributed by atoms with Gasteiger partial charge in [0.15, 0.2) is 0 Å². The number of rotatable bonds is 0. The zero-order valence-electron chi connectivity index (χ0n) is 1.97. The van der Waals surface area contributed by atoms with Gasteiger partial charge in [0.1, 0.15) is 0 Å². The molecule has 0 aliphatic rings. The molecular weight excluding hydrogens is 260 g/mol. The van der Waals surface area contributed by atoms with E-state index in [0.29, 0.717) is 0 Å². The summed E-state index contributed by atoms with van der Waals surface area (Å²) in [6.45, 7) is 0. The van der Waals surface area contributed by atoms with Gasteiger partial charge in [-0.15, -0.1) is 0 Å². The van der Waals surface area contributed by atoms with Crippen molar-refractivity contribution in [2.75, 3.05) is 0 Å². The van der Waals surface area contributed by atoms with Gasteiger partial charge in [-0.05, 0) is 0 Å². The second-order valence-corrected chi connectivity index (χ2v) is 0. The Labute approximate surface area is 67.1 Å².